The molecule has 0 spiro atoms. The van der Waals surface area contributed by atoms with Gasteiger partial charge in [0, 0.05) is 12.8 Å². The lowest BCUT2D eigenvalue weighted by atomic mass is 10.1. The summed E-state index contributed by atoms with van der Waals surface area (Å²) >= 11 is 0. The summed E-state index contributed by atoms with van der Waals surface area (Å²) in [6, 6.07) is 0. The van der Waals surface area contributed by atoms with Gasteiger partial charge in [-0.2, -0.15) is 0 Å². The maximum atomic E-state index is 12.6. The Bertz CT molecular complexity index is 879. The van der Waals surface area contributed by atoms with Gasteiger partial charge >= 0.3 is 11.9 Å². The number of unbranched alkanes of at least 4 members (excludes halogenated alkanes) is 18. The third-order valence-electron chi connectivity index (χ3n) is 8.28. The Hall–Kier alpha value is -1.51. The van der Waals surface area contributed by atoms with Crippen LogP contribution < -0.4 is 9.79 Å². The number of esters is 2. The molecule has 9 nitrogen and oxygen atoms in total. The number of ether oxygens (including phenoxy) is 2. The summed E-state index contributed by atoms with van der Waals surface area (Å²) in [7, 11) is -0.827. The van der Waals surface area contributed by atoms with Gasteiger partial charge in [0.05, 0.1) is 20.7 Å². The van der Waals surface area contributed by atoms with Crippen LogP contribution >= 0.6 is 7.82 Å². The zero-order chi connectivity index (χ0) is 36.3. The number of hydrogen-bond acceptors (Lipinski definition) is 8. The van der Waals surface area contributed by atoms with E-state index < -0.39 is 32.5 Å². The van der Waals surface area contributed by atoms with Crippen molar-refractivity contribution >= 4 is 19.8 Å². The van der Waals surface area contributed by atoms with Crippen LogP contribution in [0.4, 0.5) is 0 Å². The third kappa shape index (κ3) is 36.1. The van der Waals surface area contributed by atoms with Crippen molar-refractivity contribution in [1.29, 1.82) is 0 Å². The van der Waals surface area contributed by atoms with Crippen molar-refractivity contribution < 1.29 is 42.5 Å². The van der Waals surface area contributed by atoms with Crippen molar-refractivity contribution in [2.24, 2.45) is 0 Å². The number of phosphoric ester groups is 1. The zero-order valence-corrected chi connectivity index (χ0v) is 32.8. The Labute approximate surface area is 300 Å². The van der Waals surface area contributed by atoms with Crippen molar-refractivity contribution in [3.8, 4) is 0 Å². The second-order valence-corrected chi connectivity index (χ2v) is 15.0. The molecular weight excluding hydrogens is 641 g/mol. The second-order valence-electron chi connectivity index (χ2n) is 13.6. The quantitative estimate of drug-likeness (QED) is 0.0297. The number of likely N-dealkylation sites (N-methyl/N-ethyl adjacent to an activating group) is 1. The third-order valence-corrected chi connectivity index (χ3v) is 9.25. The summed E-state index contributed by atoms with van der Waals surface area (Å²) < 4.78 is 33.0. The summed E-state index contributed by atoms with van der Waals surface area (Å²) in [6.45, 7) is 4.20. The number of allylic oxidation sites excluding steroid dienone is 4. The van der Waals surface area contributed by atoms with E-state index >= 15 is 0 Å². The van der Waals surface area contributed by atoms with Gasteiger partial charge in [-0.15, -0.1) is 0 Å². The molecule has 0 aromatic rings. The molecule has 0 saturated heterocycles. The highest BCUT2D eigenvalue weighted by molar-refractivity contribution is 7.45. The monoisotopic (exact) mass is 716 g/mol. The highest BCUT2D eigenvalue weighted by Gasteiger charge is 2.21. The Morgan fingerprint density at radius 2 is 1.04 bits per heavy atom. The first-order valence-corrected chi connectivity index (χ1v) is 21.2. The molecule has 0 heterocycles. The van der Waals surface area contributed by atoms with Crippen LogP contribution in [0.1, 0.15) is 168 Å². The van der Waals surface area contributed by atoms with Gasteiger partial charge in [0.25, 0.3) is 7.82 Å². The van der Waals surface area contributed by atoms with Crippen LogP contribution in [0.5, 0.6) is 0 Å². The summed E-state index contributed by atoms with van der Waals surface area (Å²) in [5, 5.41) is 0. The largest absolute Gasteiger partial charge is 0.756 e. The smallest absolute Gasteiger partial charge is 0.306 e. The molecule has 0 amide bonds. The molecule has 1 unspecified atom stereocenters. The average molecular weight is 716 g/mol. The summed E-state index contributed by atoms with van der Waals surface area (Å²) in [4.78, 5) is 38.2. The standard InChI is InChI=1S/C39H74NO8P/c1-5-7-9-11-13-15-17-19-21-23-25-27-29-31-38(41)45-35-37(36-47-49(43,44)46-34-33-40(3)4)48-39(42)32-30-28-26-24-22-20-18-16-14-12-10-8-6-2/h15-18,37H,5-14,19-36H2,1-4H3,(H,43,44)/b17-15-,18-16-/t37-/m1/s1. The predicted octanol–water partition coefficient (Wildman–Crippen LogP) is 8.60. The number of phosphoric acid groups is 1. The van der Waals surface area contributed by atoms with Crippen LogP contribution in [0.15, 0.2) is 24.3 Å². The van der Waals surface area contributed by atoms with Crippen molar-refractivity contribution in [3.05, 3.63) is 24.3 Å². The Morgan fingerprint density at radius 1 is 0.612 bits per heavy atom. The molecule has 0 bridgehead atoms. The van der Waals surface area contributed by atoms with E-state index in [0.717, 1.165) is 75.5 Å². The maximum absolute atomic E-state index is 12.6. The van der Waals surface area contributed by atoms with E-state index in [0.29, 0.717) is 13.0 Å². The number of nitrogens with one attached hydrogen (secondary N) is 1. The van der Waals surface area contributed by atoms with E-state index in [1.54, 1.807) is 0 Å². The molecule has 10 heteroatoms. The van der Waals surface area contributed by atoms with E-state index in [-0.39, 0.29) is 26.1 Å². The zero-order valence-electron chi connectivity index (χ0n) is 31.9. The molecule has 49 heavy (non-hydrogen) atoms. The molecule has 0 fully saturated rings. The topological polar surface area (TPSA) is 116 Å². The summed E-state index contributed by atoms with van der Waals surface area (Å²) in [6.07, 6.45) is 33.4. The lowest BCUT2D eigenvalue weighted by Gasteiger charge is -2.25. The van der Waals surface area contributed by atoms with Gasteiger partial charge in [-0.25, -0.2) is 0 Å². The molecule has 288 valence electrons. The number of carbonyl (C=O) groups excluding carboxylic acids is 2. The number of carbonyl (C=O) groups is 2. The van der Waals surface area contributed by atoms with Gasteiger partial charge in [0.2, 0.25) is 0 Å². The fourth-order valence-electron chi connectivity index (χ4n) is 5.17. The van der Waals surface area contributed by atoms with Gasteiger partial charge in [-0.05, 0) is 64.2 Å². The van der Waals surface area contributed by atoms with Crippen LogP contribution in [0.3, 0.4) is 0 Å². The molecule has 2 atom stereocenters. The Morgan fingerprint density at radius 3 is 1.51 bits per heavy atom. The average Bonchev–Trinajstić information content (AvgIpc) is 3.06. The number of rotatable bonds is 36. The Balaban J connectivity index is 4.38. The Kier molecular flexibility index (Phi) is 33.8. The molecule has 0 saturated carbocycles. The highest BCUT2D eigenvalue weighted by Crippen LogP contribution is 2.38. The van der Waals surface area contributed by atoms with Gasteiger partial charge in [-0.1, -0.05) is 115 Å². The molecule has 0 aliphatic heterocycles. The molecule has 0 aromatic carbocycles. The SMILES string of the molecule is CCCCCC/C=C\CCCCCCCC(=O)OC[C@H](COP(=O)([O-])OCC[NH+](C)C)OC(=O)CCCCCCC/C=C\CCCCCC. The van der Waals surface area contributed by atoms with E-state index in [4.69, 9.17) is 18.5 Å². The van der Waals surface area contributed by atoms with Crippen LogP contribution in [0, 0.1) is 0 Å². The highest BCUT2D eigenvalue weighted by atomic mass is 31.2. The first-order chi connectivity index (χ1) is 23.7. The normalized spacial score (nSPS) is 13.8. The number of hydrogen-bond donors (Lipinski definition) is 1. The lowest BCUT2D eigenvalue weighted by Crippen LogP contribution is -3.06. The van der Waals surface area contributed by atoms with Crippen molar-refractivity contribution in [3.63, 3.8) is 0 Å². The van der Waals surface area contributed by atoms with Crippen LogP contribution in [-0.4, -0.2) is 58.5 Å². The van der Waals surface area contributed by atoms with Crippen molar-refractivity contribution in [1.82, 2.24) is 0 Å². The predicted molar refractivity (Wildman–Crippen MR) is 198 cm³/mol. The minimum Gasteiger partial charge on any atom is -0.756 e. The molecule has 0 rings (SSSR count). The molecule has 0 aliphatic carbocycles. The fourth-order valence-corrected chi connectivity index (χ4v) is 5.90. The van der Waals surface area contributed by atoms with Crippen LogP contribution in [0.25, 0.3) is 0 Å². The van der Waals surface area contributed by atoms with Crippen LogP contribution in [0.2, 0.25) is 0 Å². The summed E-state index contributed by atoms with van der Waals surface area (Å²) in [5.41, 5.74) is 0. The molecule has 0 aliphatic rings. The lowest BCUT2D eigenvalue weighted by molar-refractivity contribution is -0.858. The summed E-state index contributed by atoms with van der Waals surface area (Å²) in [5.74, 6) is -0.853. The first-order valence-electron chi connectivity index (χ1n) is 19.7. The van der Waals surface area contributed by atoms with Crippen molar-refractivity contribution in [2.45, 2.75) is 174 Å². The molecule has 0 radical (unpaired) electrons. The fraction of sp³-hybridized carbons (Fsp3) is 0.846. The van der Waals surface area contributed by atoms with E-state index in [9.17, 15) is 19.0 Å². The second kappa shape index (κ2) is 34.9. The minimum atomic E-state index is -4.59. The van der Waals surface area contributed by atoms with Crippen LogP contribution in [-0.2, 0) is 32.7 Å². The molecular formula is C39H74NO8P. The molecule has 1 N–H and O–H groups in total. The van der Waals surface area contributed by atoms with Gasteiger partial charge < -0.3 is 28.3 Å². The van der Waals surface area contributed by atoms with Gasteiger partial charge in [-0.3, -0.25) is 14.2 Å². The molecule has 0 aromatic heterocycles. The van der Waals surface area contributed by atoms with Gasteiger partial charge in [0.15, 0.2) is 6.10 Å². The maximum Gasteiger partial charge on any atom is 0.306 e. The minimum absolute atomic E-state index is 0.0201. The van der Waals surface area contributed by atoms with E-state index in [1.807, 2.05) is 14.1 Å². The number of quaternary nitrogens is 1. The van der Waals surface area contributed by atoms with E-state index in [1.165, 1.54) is 64.2 Å². The van der Waals surface area contributed by atoms with E-state index in [2.05, 4.69) is 38.2 Å². The first kappa shape index (κ1) is 47.5. The van der Waals surface area contributed by atoms with Gasteiger partial charge in [0.1, 0.15) is 19.8 Å². The van der Waals surface area contributed by atoms with Crippen molar-refractivity contribution in [2.75, 3.05) is 40.5 Å².